The molecular weight excluding hydrogens is 400 g/mol. The minimum absolute atomic E-state index is 0.181. The Hall–Kier alpha value is -3.18. The zero-order valence-electron chi connectivity index (χ0n) is 14.6. The third-order valence-electron chi connectivity index (χ3n) is 3.95. The second-order valence-corrected chi connectivity index (χ2v) is 9.11. The quantitative estimate of drug-likeness (QED) is 0.529. The summed E-state index contributed by atoms with van der Waals surface area (Å²) in [5, 5.41) is 14.2. The number of sulfone groups is 1. The van der Waals surface area contributed by atoms with Crippen molar-refractivity contribution in [3.63, 3.8) is 0 Å². The van der Waals surface area contributed by atoms with Crippen molar-refractivity contribution in [1.82, 2.24) is 25.2 Å². The molecule has 0 bridgehead atoms. The number of nitrogens with zero attached hydrogens (tertiary/aromatic N) is 5. The molecule has 1 amide bonds. The summed E-state index contributed by atoms with van der Waals surface area (Å²) in [6.07, 6.45) is 2.83. The second-order valence-electron chi connectivity index (χ2n) is 6.07. The lowest BCUT2D eigenvalue weighted by Gasteiger charge is -2.03. The van der Waals surface area contributed by atoms with Gasteiger partial charge in [0.05, 0.1) is 27.2 Å². The number of carbonyl (C=O) groups is 1. The fourth-order valence-electron chi connectivity index (χ4n) is 2.58. The van der Waals surface area contributed by atoms with Gasteiger partial charge in [0, 0.05) is 6.26 Å². The lowest BCUT2D eigenvalue weighted by molar-refractivity contribution is -0.115. The molecule has 0 saturated heterocycles. The van der Waals surface area contributed by atoms with Gasteiger partial charge in [-0.3, -0.25) is 4.79 Å². The molecule has 0 aliphatic heterocycles. The minimum atomic E-state index is -3.29. The van der Waals surface area contributed by atoms with E-state index in [1.165, 1.54) is 28.4 Å². The van der Waals surface area contributed by atoms with E-state index < -0.39 is 9.84 Å². The van der Waals surface area contributed by atoms with E-state index in [4.69, 9.17) is 0 Å². The number of fused-ring (bicyclic) bond motifs is 1. The summed E-state index contributed by atoms with van der Waals surface area (Å²) in [5.41, 5.74) is 2.26. The Morgan fingerprint density at radius 1 is 1.18 bits per heavy atom. The van der Waals surface area contributed by atoms with Crippen molar-refractivity contribution in [2.75, 3.05) is 11.6 Å². The van der Waals surface area contributed by atoms with Gasteiger partial charge < -0.3 is 5.32 Å². The lowest BCUT2D eigenvalue weighted by Crippen LogP contribution is -2.14. The first-order valence-corrected chi connectivity index (χ1v) is 10.8. The average Bonchev–Trinajstić information content (AvgIpc) is 3.30. The third kappa shape index (κ3) is 3.89. The summed E-state index contributed by atoms with van der Waals surface area (Å²) < 4.78 is 25.6. The average molecular weight is 414 g/mol. The molecule has 0 saturated carbocycles. The summed E-state index contributed by atoms with van der Waals surface area (Å²) in [6.45, 7) is 0. The van der Waals surface area contributed by atoms with Crippen molar-refractivity contribution >= 4 is 42.4 Å². The van der Waals surface area contributed by atoms with Gasteiger partial charge in [-0.15, -0.1) is 5.10 Å². The number of thiazole rings is 1. The molecule has 0 atom stereocenters. The van der Waals surface area contributed by atoms with Crippen LogP contribution in [0.1, 0.15) is 5.56 Å². The summed E-state index contributed by atoms with van der Waals surface area (Å²) >= 11 is 1.23. The van der Waals surface area contributed by atoms with Gasteiger partial charge in [0.2, 0.25) is 5.91 Å². The molecule has 0 spiro atoms. The van der Waals surface area contributed by atoms with Crippen LogP contribution in [-0.2, 0) is 21.1 Å². The van der Waals surface area contributed by atoms with Gasteiger partial charge in [0.25, 0.3) is 0 Å². The zero-order chi connectivity index (χ0) is 19.7. The van der Waals surface area contributed by atoms with Gasteiger partial charge in [-0.05, 0) is 46.3 Å². The Morgan fingerprint density at radius 3 is 2.64 bits per heavy atom. The van der Waals surface area contributed by atoms with Crippen molar-refractivity contribution in [1.29, 1.82) is 0 Å². The van der Waals surface area contributed by atoms with Crippen LogP contribution in [0.15, 0.2) is 53.7 Å². The van der Waals surface area contributed by atoms with E-state index in [0.29, 0.717) is 15.3 Å². The number of anilines is 1. The molecule has 1 N–H and O–H groups in total. The predicted molar refractivity (Wildman–Crippen MR) is 104 cm³/mol. The smallest absolute Gasteiger partial charge is 0.230 e. The number of amides is 1. The molecule has 9 nitrogen and oxygen atoms in total. The molecular formula is C17H14N6O3S2. The van der Waals surface area contributed by atoms with E-state index >= 15 is 0 Å². The van der Waals surface area contributed by atoms with Gasteiger partial charge in [-0.1, -0.05) is 23.5 Å². The van der Waals surface area contributed by atoms with Crippen molar-refractivity contribution in [2.24, 2.45) is 0 Å². The Bertz CT molecular complexity index is 1250. The number of tetrazole rings is 1. The van der Waals surface area contributed by atoms with Crippen LogP contribution in [0, 0.1) is 0 Å². The van der Waals surface area contributed by atoms with Crippen LogP contribution in [-0.4, -0.2) is 45.8 Å². The number of hydrogen-bond donors (Lipinski definition) is 1. The predicted octanol–water partition coefficient (Wildman–Crippen LogP) is 1.86. The third-order valence-corrected chi connectivity index (χ3v) is 5.99. The Labute approximate surface area is 164 Å². The van der Waals surface area contributed by atoms with Crippen LogP contribution in [0.4, 0.5) is 5.13 Å². The standard InChI is InChI=1S/C17H14N6O3S2/c1-28(25,26)13-6-7-14-15(9-13)27-17(19-14)20-16(24)8-11-2-4-12(5-3-11)23-10-18-21-22-23/h2-7,9-10H,8H2,1H3,(H,19,20,24). The fourth-order valence-corrected chi connectivity index (χ4v) is 4.23. The highest BCUT2D eigenvalue weighted by Crippen LogP contribution is 2.28. The molecule has 0 aliphatic carbocycles. The van der Waals surface area contributed by atoms with E-state index in [9.17, 15) is 13.2 Å². The summed E-state index contributed by atoms with van der Waals surface area (Å²) in [7, 11) is -3.29. The first kappa shape index (κ1) is 18.2. The van der Waals surface area contributed by atoms with Gasteiger partial charge >= 0.3 is 0 Å². The molecule has 0 aliphatic rings. The van der Waals surface area contributed by atoms with Crippen molar-refractivity contribution in [3.8, 4) is 5.69 Å². The molecule has 4 aromatic rings. The van der Waals surface area contributed by atoms with E-state index in [1.807, 2.05) is 24.3 Å². The highest BCUT2D eigenvalue weighted by molar-refractivity contribution is 7.90. The minimum Gasteiger partial charge on any atom is -0.302 e. The van der Waals surface area contributed by atoms with Crippen LogP contribution in [0.3, 0.4) is 0 Å². The topological polar surface area (TPSA) is 120 Å². The maximum atomic E-state index is 12.3. The molecule has 142 valence electrons. The van der Waals surface area contributed by atoms with Crippen LogP contribution in [0.25, 0.3) is 15.9 Å². The molecule has 2 aromatic carbocycles. The molecule has 0 radical (unpaired) electrons. The molecule has 28 heavy (non-hydrogen) atoms. The van der Waals surface area contributed by atoms with E-state index in [0.717, 1.165) is 17.5 Å². The highest BCUT2D eigenvalue weighted by Gasteiger charge is 2.12. The van der Waals surface area contributed by atoms with Gasteiger partial charge in [-0.25, -0.2) is 18.1 Å². The SMILES string of the molecule is CS(=O)(=O)c1ccc2nc(NC(=O)Cc3ccc(-n4cnnn4)cc3)sc2c1. The van der Waals surface area contributed by atoms with Crippen molar-refractivity contribution in [3.05, 3.63) is 54.4 Å². The monoisotopic (exact) mass is 414 g/mol. The number of aromatic nitrogens is 5. The first-order valence-electron chi connectivity index (χ1n) is 8.11. The molecule has 2 heterocycles. The summed E-state index contributed by atoms with van der Waals surface area (Å²) in [6, 6.07) is 12.0. The maximum Gasteiger partial charge on any atom is 0.230 e. The van der Waals surface area contributed by atoms with Crippen LogP contribution in [0.2, 0.25) is 0 Å². The number of benzene rings is 2. The van der Waals surface area contributed by atoms with Crippen molar-refractivity contribution in [2.45, 2.75) is 11.3 Å². The largest absolute Gasteiger partial charge is 0.302 e. The number of hydrogen-bond acceptors (Lipinski definition) is 8. The first-order chi connectivity index (χ1) is 13.4. The second kappa shape index (κ2) is 7.09. The molecule has 2 aromatic heterocycles. The molecule has 11 heteroatoms. The van der Waals surface area contributed by atoms with Gasteiger partial charge in [0.15, 0.2) is 15.0 Å². The van der Waals surface area contributed by atoms with Crippen LogP contribution < -0.4 is 5.32 Å². The van der Waals surface area contributed by atoms with E-state index in [2.05, 4.69) is 25.8 Å². The lowest BCUT2D eigenvalue weighted by atomic mass is 10.1. The highest BCUT2D eigenvalue weighted by atomic mass is 32.2. The van der Waals surface area contributed by atoms with Crippen LogP contribution >= 0.6 is 11.3 Å². The van der Waals surface area contributed by atoms with Crippen molar-refractivity contribution < 1.29 is 13.2 Å². The summed E-state index contributed by atoms with van der Waals surface area (Å²) in [5.74, 6) is -0.211. The summed E-state index contributed by atoms with van der Waals surface area (Å²) in [4.78, 5) is 16.9. The Morgan fingerprint density at radius 2 is 1.96 bits per heavy atom. The zero-order valence-corrected chi connectivity index (χ0v) is 16.2. The number of nitrogens with one attached hydrogen (secondary N) is 1. The molecule has 0 fully saturated rings. The van der Waals surface area contributed by atoms with Crippen LogP contribution in [0.5, 0.6) is 0 Å². The normalized spacial score (nSPS) is 11.6. The number of rotatable bonds is 5. The number of carbonyl (C=O) groups excluding carboxylic acids is 1. The van der Waals surface area contributed by atoms with E-state index in [-0.39, 0.29) is 17.2 Å². The Kier molecular flexibility index (Phi) is 4.61. The van der Waals surface area contributed by atoms with E-state index in [1.54, 1.807) is 12.1 Å². The molecule has 4 rings (SSSR count). The van der Waals surface area contributed by atoms with Gasteiger partial charge in [-0.2, -0.15) is 0 Å². The molecule has 0 unspecified atom stereocenters. The maximum absolute atomic E-state index is 12.3. The Balaban J connectivity index is 1.46. The fraction of sp³-hybridized carbons (Fsp3) is 0.118. The van der Waals surface area contributed by atoms with Gasteiger partial charge in [0.1, 0.15) is 6.33 Å².